The molecule has 0 radical (unpaired) electrons. The lowest BCUT2D eigenvalue weighted by Crippen LogP contribution is -2.10. The summed E-state index contributed by atoms with van der Waals surface area (Å²) < 4.78 is 0. The number of phenols is 1. The molecule has 3 aromatic rings. The fraction of sp³-hybridized carbons (Fsp3) is 0.211. The van der Waals surface area contributed by atoms with Crippen LogP contribution in [0.2, 0.25) is 0 Å². The van der Waals surface area contributed by atoms with Crippen molar-refractivity contribution in [3.63, 3.8) is 0 Å². The molecule has 0 saturated carbocycles. The molecule has 0 saturated heterocycles. The molecule has 2 N–H and O–H groups in total. The van der Waals surface area contributed by atoms with Crippen LogP contribution in [-0.4, -0.2) is 20.1 Å². The quantitative estimate of drug-likeness (QED) is 0.759. The lowest BCUT2D eigenvalue weighted by Gasteiger charge is -2.16. The van der Waals surface area contributed by atoms with Gasteiger partial charge in [0.25, 0.3) is 0 Å². The van der Waals surface area contributed by atoms with E-state index in [1.54, 1.807) is 18.3 Å². The number of aryl methyl sites for hydroxylation is 2. The molecule has 1 atom stereocenters. The van der Waals surface area contributed by atoms with Gasteiger partial charge in [0.15, 0.2) is 0 Å². The molecule has 24 heavy (non-hydrogen) atoms. The topological polar surface area (TPSA) is 70.9 Å². The number of nitrogens with one attached hydrogen (secondary N) is 1. The summed E-state index contributed by atoms with van der Waals surface area (Å²) in [6.45, 7) is 5.91. The maximum atomic E-state index is 9.96. The molecule has 0 fully saturated rings. The third kappa shape index (κ3) is 3.35. The second kappa shape index (κ2) is 6.66. The van der Waals surface area contributed by atoms with Gasteiger partial charge >= 0.3 is 0 Å². The van der Waals surface area contributed by atoms with E-state index in [4.69, 9.17) is 0 Å². The highest BCUT2D eigenvalue weighted by molar-refractivity contribution is 5.62. The van der Waals surface area contributed by atoms with Gasteiger partial charge in [-0.25, -0.2) is 9.97 Å². The minimum atomic E-state index is -0.112. The van der Waals surface area contributed by atoms with E-state index in [2.05, 4.69) is 20.3 Å². The Hall–Kier alpha value is -2.95. The van der Waals surface area contributed by atoms with Crippen LogP contribution >= 0.6 is 0 Å². The number of pyridine rings is 1. The largest absolute Gasteiger partial charge is 0.508 e. The third-order valence-corrected chi connectivity index (χ3v) is 3.91. The minimum absolute atomic E-state index is 0.112. The summed E-state index contributed by atoms with van der Waals surface area (Å²) in [5.74, 6) is 0.774. The zero-order valence-electron chi connectivity index (χ0n) is 14.0. The SMILES string of the molecule is Cc1ccc(-c2ccnc(N[C@H](C)c3ccccc3O)n2)c(C)n1. The zero-order chi connectivity index (χ0) is 17.1. The molecule has 2 heterocycles. The lowest BCUT2D eigenvalue weighted by atomic mass is 10.1. The number of anilines is 1. The Kier molecular flexibility index (Phi) is 4.42. The maximum Gasteiger partial charge on any atom is 0.223 e. The molecule has 122 valence electrons. The van der Waals surface area contributed by atoms with E-state index in [9.17, 15) is 5.11 Å². The van der Waals surface area contributed by atoms with Gasteiger partial charge in [-0.2, -0.15) is 0 Å². The molecule has 0 amide bonds. The van der Waals surface area contributed by atoms with E-state index < -0.39 is 0 Å². The Labute approximate surface area is 141 Å². The number of para-hydroxylation sites is 1. The predicted molar refractivity (Wildman–Crippen MR) is 94.9 cm³/mol. The number of hydrogen-bond donors (Lipinski definition) is 2. The van der Waals surface area contributed by atoms with Crippen molar-refractivity contribution in [1.82, 2.24) is 15.0 Å². The molecule has 0 aliphatic carbocycles. The second-order valence-corrected chi connectivity index (χ2v) is 5.78. The van der Waals surface area contributed by atoms with E-state index >= 15 is 0 Å². The number of benzene rings is 1. The van der Waals surface area contributed by atoms with Crippen molar-refractivity contribution < 1.29 is 5.11 Å². The van der Waals surface area contributed by atoms with Crippen LogP contribution < -0.4 is 5.32 Å². The van der Waals surface area contributed by atoms with Gasteiger partial charge in [-0.3, -0.25) is 4.98 Å². The summed E-state index contributed by atoms with van der Waals surface area (Å²) in [5.41, 5.74) is 4.54. The summed E-state index contributed by atoms with van der Waals surface area (Å²) >= 11 is 0. The predicted octanol–water partition coefficient (Wildman–Crippen LogP) is 4.03. The smallest absolute Gasteiger partial charge is 0.223 e. The summed E-state index contributed by atoms with van der Waals surface area (Å²) in [6, 6.07) is 13.0. The minimum Gasteiger partial charge on any atom is -0.508 e. The Morgan fingerprint density at radius 2 is 1.79 bits per heavy atom. The average molecular weight is 320 g/mol. The van der Waals surface area contributed by atoms with E-state index in [0.29, 0.717) is 5.95 Å². The Balaban J connectivity index is 1.87. The Bertz CT molecular complexity index is 863. The molecular formula is C19H20N4O. The fourth-order valence-electron chi connectivity index (χ4n) is 2.66. The van der Waals surface area contributed by atoms with Crippen molar-refractivity contribution in [3.8, 4) is 17.0 Å². The molecule has 0 bridgehead atoms. The highest BCUT2D eigenvalue weighted by Gasteiger charge is 2.12. The van der Waals surface area contributed by atoms with Crippen molar-refractivity contribution in [1.29, 1.82) is 0 Å². The van der Waals surface area contributed by atoms with Crippen molar-refractivity contribution in [2.75, 3.05) is 5.32 Å². The first-order valence-corrected chi connectivity index (χ1v) is 7.86. The van der Waals surface area contributed by atoms with Crippen LogP contribution in [0.4, 0.5) is 5.95 Å². The van der Waals surface area contributed by atoms with Gasteiger partial charge < -0.3 is 10.4 Å². The van der Waals surface area contributed by atoms with Gasteiger partial charge in [0.1, 0.15) is 5.75 Å². The number of phenolic OH excluding ortho intramolecular Hbond substituents is 1. The molecule has 0 unspecified atom stereocenters. The van der Waals surface area contributed by atoms with E-state index in [1.165, 1.54) is 0 Å². The van der Waals surface area contributed by atoms with Gasteiger partial charge in [-0.1, -0.05) is 18.2 Å². The summed E-state index contributed by atoms with van der Waals surface area (Å²) in [4.78, 5) is 13.4. The van der Waals surface area contributed by atoms with Crippen LogP contribution in [0.15, 0.2) is 48.7 Å². The highest BCUT2D eigenvalue weighted by atomic mass is 16.3. The van der Waals surface area contributed by atoms with E-state index in [1.807, 2.05) is 51.1 Å². The van der Waals surface area contributed by atoms with Gasteiger partial charge in [0.2, 0.25) is 5.95 Å². The first kappa shape index (κ1) is 15.9. The van der Waals surface area contributed by atoms with Gasteiger partial charge in [-0.05, 0) is 45.0 Å². The first-order valence-electron chi connectivity index (χ1n) is 7.86. The third-order valence-electron chi connectivity index (χ3n) is 3.91. The number of aromatic nitrogens is 3. The normalized spacial score (nSPS) is 12.0. The standard InChI is InChI=1S/C19H20N4O/c1-12-8-9-15(13(2)21-12)17-10-11-20-19(23-17)22-14(3)16-6-4-5-7-18(16)24/h4-11,14,24H,1-3H3,(H,20,22,23)/t14-/m1/s1. The van der Waals surface area contributed by atoms with E-state index in [0.717, 1.165) is 28.2 Å². The number of aromatic hydroxyl groups is 1. The first-order chi connectivity index (χ1) is 11.5. The molecule has 0 aliphatic heterocycles. The molecule has 1 aromatic carbocycles. The van der Waals surface area contributed by atoms with Crippen LogP contribution in [0.1, 0.15) is 29.9 Å². The van der Waals surface area contributed by atoms with Gasteiger partial charge in [0.05, 0.1) is 11.7 Å². The van der Waals surface area contributed by atoms with Crippen molar-refractivity contribution >= 4 is 5.95 Å². The Morgan fingerprint density at radius 1 is 1.00 bits per heavy atom. The molecule has 3 rings (SSSR count). The summed E-state index contributed by atoms with van der Waals surface area (Å²) in [6.07, 6.45) is 1.72. The monoisotopic (exact) mass is 320 g/mol. The van der Waals surface area contributed by atoms with Gasteiger partial charge in [0, 0.05) is 28.7 Å². The summed E-state index contributed by atoms with van der Waals surface area (Å²) in [5, 5.41) is 13.2. The second-order valence-electron chi connectivity index (χ2n) is 5.78. The Morgan fingerprint density at radius 3 is 2.54 bits per heavy atom. The fourth-order valence-corrected chi connectivity index (χ4v) is 2.66. The van der Waals surface area contributed by atoms with Crippen molar-refractivity contribution in [2.24, 2.45) is 0 Å². The number of nitrogens with zero attached hydrogens (tertiary/aromatic N) is 3. The van der Waals surface area contributed by atoms with Crippen molar-refractivity contribution in [3.05, 3.63) is 65.6 Å². The van der Waals surface area contributed by atoms with Crippen LogP contribution in [0.3, 0.4) is 0 Å². The lowest BCUT2D eigenvalue weighted by molar-refractivity contribution is 0.465. The van der Waals surface area contributed by atoms with Gasteiger partial charge in [-0.15, -0.1) is 0 Å². The zero-order valence-corrected chi connectivity index (χ0v) is 14.0. The highest BCUT2D eigenvalue weighted by Crippen LogP contribution is 2.26. The van der Waals surface area contributed by atoms with Crippen LogP contribution in [0.5, 0.6) is 5.75 Å². The van der Waals surface area contributed by atoms with E-state index in [-0.39, 0.29) is 11.8 Å². The van der Waals surface area contributed by atoms with Crippen LogP contribution in [0, 0.1) is 13.8 Å². The molecule has 2 aromatic heterocycles. The van der Waals surface area contributed by atoms with Crippen LogP contribution in [0.25, 0.3) is 11.3 Å². The molecule has 5 heteroatoms. The van der Waals surface area contributed by atoms with Crippen molar-refractivity contribution in [2.45, 2.75) is 26.8 Å². The molecule has 0 aliphatic rings. The summed E-state index contributed by atoms with van der Waals surface area (Å²) in [7, 11) is 0. The van der Waals surface area contributed by atoms with Crippen LogP contribution in [-0.2, 0) is 0 Å². The average Bonchev–Trinajstić information content (AvgIpc) is 2.55. The molecule has 5 nitrogen and oxygen atoms in total. The molecular weight excluding hydrogens is 300 g/mol. The number of hydrogen-bond acceptors (Lipinski definition) is 5. The maximum absolute atomic E-state index is 9.96. The molecule has 0 spiro atoms. The number of rotatable bonds is 4.